The van der Waals surface area contributed by atoms with Crippen LogP contribution in [0.4, 0.5) is 0 Å². The molecule has 0 spiro atoms. The van der Waals surface area contributed by atoms with Crippen LogP contribution in [-0.4, -0.2) is 24.6 Å². The number of ketones is 2. The quantitative estimate of drug-likeness (QED) is 0.645. The van der Waals surface area contributed by atoms with Crippen molar-refractivity contribution in [3.05, 3.63) is 23.8 Å². The molecule has 0 aliphatic heterocycles. The molecule has 4 aliphatic carbocycles. The molecule has 0 amide bonds. The molecule has 4 rings (SSSR count). The van der Waals surface area contributed by atoms with Gasteiger partial charge in [-0.15, -0.1) is 0 Å². The number of carbonyl (C=O) groups excluding carboxylic acids is 3. The fourth-order valence-electron chi connectivity index (χ4n) is 7.50. The van der Waals surface area contributed by atoms with Gasteiger partial charge in [0.1, 0.15) is 5.78 Å². The lowest BCUT2D eigenvalue weighted by Crippen LogP contribution is -2.54. The molecule has 0 N–H and O–H groups in total. The molecule has 0 unspecified atom stereocenters. The number of allylic oxidation sites excluding steroid dienone is 4. The summed E-state index contributed by atoms with van der Waals surface area (Å²) in [6.45, 7) is 6.66. The Labute approximate surface area is 174 Å². The Balaban J connectivity index is 1.58. The van der Waals surface area contributed by atoms with Crippen LogP contribution in [0, 0.1) is 40.4 Å². The van der Waals surface area contributed by atoms with Gasteiger partial charge in [-0.2, -0.15) is 0 Å². The second-order valence-electron chi connectivity index (χ2n) is 10.3. The van der Waals surface area contributed by atoms with Crippen LogP contribution in [0.3, 0.4) is 0 Å². The lowest BCUT2D eigenvalue weighted by atomic mass is 9.47. The van der Waals surface area contributed by atoms with Crippen molar-refractivity contribution in [1.82, 2.24) is 0 Å². The summed E-state index contributed by atoms with van der Waals surface area (Å²) in [5.74, 6) is 2.28. The van der Waals surface area contributed by atoms with E-state index in [1.165, 1.54) is 12.7 Å². The summed E-state index contributed by atoms with van der Waals surface area (Å²) in [5, 5.41) is 0. The third-order valence-electron chi connectivity index (χ3n) is 9.21. The van der Waals surface area contributed by atoms with Crippen molar-refractivity contribution in [3.63, 3.8) is 0 Å². The largest absolute Gasteiger partial charge is 0.469 e. The zero-order valence-corrected chi connectivity index (χ0v) is 18.2. The van der Waals surface area contributed by atoms with Crippen molar-refractivity contribution < 1.29 is 19.1 Å². The topological polar surface area (TPSA) is 60.4 Å². The van der Waals surface area contributed by atoms with Crippen LogP contribution in [0.1, 0.15) is 65.7 Å². The van der Waals surface area contributed by atoms with Crippen LogP contribution < -0.4 is 0 Å². The molecule has 0 aromatic rings. The van der Waals surface area contributed by atoms with Crippen molar-refractivity contribution in [2.45, 2.75) is 65.7 Å². The lowest BCUT2D eigenvalue weighted by molar-refractivity contribution is -0.147. The predicted octanol–water partition coefficient (Wildman–Crippen LogP) is 4.68. The number of hydrogen-bond acceptors (Lipinski definition) is 4. The van der Waals surface area contributed by atoms with Crippen LogP contribution in [0.15, 0.2) is 23.8 Å². The van der Waals surface area contributed by atoms with Crippen molar-refractivity contribution in [3.8, 4) is 0 Å². The summed E-state index contributed by atoms with van der Waals surface area (Å²) in [6.07, 6.45) is 11.7. The van der Waals surface area contributed by atoms with E-state index in [1.807, 2.05) is 6.08 Å². The highest BCUT2D eigenvalue weighted by molar-refractivity contribution is 6.01. The number of rotatable bonds is 4. The summed E-state index contributed by atoms with van der Waals surface area (Å²) >= 11 is 0. The molecule has 0 aromatic heterocycles. The maximum absolute atomic E-state index is 13.6. The molecular formula is C25H34O4. The minimum absolute atomic E-state index is 0.0864. The Bertz CT molecular complexity index is 793. The van der Waals surface area contributed by atoms with E-state index in [-0.39, 0.29) is 22.6 Å². The van der Waals surface area contributed by atoms with Gasteiger partial charge in [0, 0.05) is 23.7 Å². The third-order valence-corrected chi connectivity index (χ3v) is 9.21. The summed E-state index contributed by atoms with van der Waals surface area (Å²) in [5.41, 5.74) is 0.800. The van der Waals surface area contributed by atoms with Crippen LogP contribution in [0.25, 0.3) is 0 Å². The number of hydrogen-bond donors (Lipinski definition) is 0. The normalized spacial score (nSPS) is 41.9. The Morgan fingerprint density at radius 2 is 1.97 bits per heavy atom. The molecular weight excluding hydrogens is 364 g/mol. The zero-order chi connectivity index (χ0) is 21.0. The van der Waals surface area contributed by atoms with E-state index in [9.17, 15) is 14.4 Å². The molecule has 29 heavy (non-hydrogen) atoms. The lowest BCUT2D eigenvalue weighted by Gasteiger charge is -2.56. The predicted molar refractivity (Wildman–Crippen MR) is 111 cm³/mol. The van der Waals surface area contributed by atoms with E-state index >= 15 is 0 Å². The highest BCUT2D eigenvalue weighted by Gasteiger charge is 2.62. The van der Waals surface area contributed by atoms with Gasteiger partial charge in [0.25, 0.3) is 0 Å². The third kappa shape index (κ3) is 3.05. The van der Waals surface area contributed by atoms with E-state index < -0.39 is 0 Å². The highest BCUT2D eigenvalue weighted by Crippen LogP contribution is 2.65. The molecule has 0 heterocycles. The second kappa shape index (κ2) is 7.21. The number of fused-ring (bicyclic) bond motifs is 5. The Kier molecular flexibility index (Phi) is 5.11. The maximum atomic E-state index is 13.6. The van der Waals surface area contributed by atoms with Crippen LogP contribution in [-0.2, 0) is 19.1 Å². The summed E-state index contributed by atoms with van der Waals surface area (Å²) in [4.78, 5) is 37.2. The number of methoxy groups -OCH3 is 1. The molecule has 0 bridgehead atoms. The zero-order valence-electron chi connectivity index (χ0n) is 18.2. The van der Waals surface area contributed by atoms with Crippen molar-refractivity contribution >= 4 is 17.5 Å². The van der Waals surface area contributed by atoms with E-state index in [4.69, 9.17) is 4.74 Å². The molecule has 3 saturated carbocycles. The Morgan fingerprint density at radius 1 is 1.21 bits per heavy atom. The van der Waals surface area contributed by atoms with Gasteiger partial charge >= 0.3 is 5.97 Å². The van der Waals surface area contributed by atoms with Crippen LogP contribution >= 0.6 is 0 Å². The molecule has 0 radical (unpaired) electrons. The van der Waals surface area contributed by atoms with Gasteiger partial charge in [0.2, 0.25) is 0 Å². The molecule has 7 atom stereocenters. The van der Waals surface area contributed by atoms with Gasteiger partial charge in [-0.05, 0) is 73.8 Å². The molecule has 4 heteroatoms. The van der Waals surface area contributed by atoms with E-state index in [0.717, 1.165) is 32.1 Å². The molecule has 0 aromatic carbocycles. The summed E-state index contributed by atoms with van der Waals surface area (Å²) in [7, 11) is 1.43. The maximum Gasteiger partial charge on any atom is 0.305 e. The molecule has 4 nitrogen and oxygen atoms in total. The van der Waals surface area contributed by atoms with Gasteiger partial charge < -0.3 is 4.74 Å². The fraction of sp³-hybridized carbons (Fsp3) is 0.720. The minimum Gasteiger partial charge on any atom is -0.469 e. The van der Waals surface area contributed by atoms with Gasteiger partial charge in [0.05, 0.1) is 7.11 Å². The first-order chi connectivity index (χ1) is 13.7. The number of carbonyl (C=O) groups is 3. The highest BCUT2D eigenvalue weighted by atomic mass is 16.5. The summed E-state index contributed by atoms with van der Waals surface area (Å²) < 4.78 is 4.81. The van der Waals surface area contributed by atoms with E-state index in [0.29, 0.717) is 48.2 Å². The first kappa shape index (κ1) is 20.6. The number of ether oxygens (including phenoxy) is 1. The molecule has 0 saturated heterocycles. The average Bonchev–Trinajstić information content (AvgIpc) is 3.06. The average molecular weight is 399 g/mol. The SMILES string of the molecule is COC(=O)CC[C@@H](C)[C@H]1CC[C@H]2[C@@H]3CCC4=CC(=O)C=C[C@]4(C)[C@H]3CC(=O)[C@]12C. The van der Waals surface area contributed by atoms with Crippen LogP contribution in [0.2, 0.25) is 0 Å². The smallest absolute Gasteiger partial charge is 0.305 e. The van der Waals surface area contributed by atoms with Crippen molar-refractivity contribution in [1.29, 1.82) is 0 Å². The summed E-state index contributed by atoms with van der Waals surface area (Å²) in [6, 6.07) is 0. The number of esters is 1. The first-order valence-electron chi connectivity index (χ1n) is 11.3. The second-order valence-corrected chi connectivity index (χ2v) is 10.3. The first-order valence-corrected chi connectivity index (χ1v) is 11.3. The van der Waals surface area contributed by atoms with E-state index in [1.54, 1.807) is 6.08 Å². The fourth-order valence-corrected chi connectivity index (χ4v) is 7.50. The van der Waals surface area contributed by atoms with Crippen molar-refractivity contribution in [2.75, 3.05) is 7.11 Å². The van der Waals surface area contributed by atoms with Gasteiger partial charge in [-0.25, -0.2) is 0 Å². The molecule has 4 aliphatic rings. The minimum atomic E-state index is -0.275. The van der Waals surface area contributed by atoms with Crippen LogP contribution in [0.5, 0.6) is 0 Å². The monoisotopic (exact) mass is 398 g/mol. The van der Waals surface area contributed by atoms with Gasteiger partial charge in [-0.1, -0.05) is 32.4 Å². The molecule has 158 valence electrons. The Morgan fingerprint density at radius 3 is 2.69 bits per heavy atom. The van der Waals surface area contributed by atoms with Gasteiger partial charge in [-0.3, -0.25) is 14.4 Å². The standard InChI is InChI=1S/C25H34O4/c1-15(5-10-23(28)29-4)19-8-9-20-18-7-6-16-13-17(26)11-12-24(16,2)21(18)14-22(27)25(19,20)3/h11-13,15,18-21H,5-10,14H2,1-4H3/t15-,18+,19-,20+,21+,24+,25-/m1/s1. The van der Waals surface area contributed by atoms with E-state index in [2.05, 4.69) is 26.8 Å². The Hall–Kier alpha value is -1.71. The van der Waals surface area contributed by atoms with Gasteiger partial charge in [0.15, 0.2) is 5.78 Å². The molecule has 3 fully saturated rings. The number of Topliss-reactive ketones (excluding diaryl/α,β-unsaturated/α-hetero) is 1. The van der Waals surface area contributed by atoms with Crippen molar-refractivity contribution in [2.24, 2.45) is 40.4 Å².